The van der Waals surface area contributed by atoms with Crippen molar-refractivity contribution in [2.24, 2.45) is 0 Å². The van der Waals surface area contributed by atoms with E-state index in [9.17, 15) is 4.79 Å². The number of nitrogens with one attached hydrogen (secondary N) is 2. The smallest absolute Gasteiger partial charge is 0.252 e. The number of amides is 1. The molecule has 0 aliphatic rings. The minimum atomic E-state index is -0.0168. The molecule has 0 bridgehead atoms. The molecule has 0 aliphatic heterocycles. The first kappa shape index (κ1) is 7.85. The quantitative estimate of drug-likeness (QED) is 0.654. The molecule has 0 saturated heterocycles. The number of aromatic amines is 1. The van der Waals surface area contributed by atoms with E-state index in [0.717, 1.165) is 5.69 Å². The van der Waals surface area contributed by atoms with Crippen molar-refractivity contribution in [1.82, 2.24) is 10.3 Å². The lowest BCUT2D eigenvalue weighted by Crippen LogP contribution is -2.21. The average Bonchev–Trinajstić information content (AvgIpc) is 2.36. The van der Waals surface area contributed by atoms with Gasteiger partial charge in [-0.25, -0.2) is 0 Å². The van der Waals surface area contributed by atoms with Crippen LogP contribution in [0.5, 0.6) is 0 Å². The lowest BCUT2D eigenvalue weighted by molar-refractivity contribution is 0.0956. The van der Waals surface area contributed by atoms with Crippen LogP contribution in [0, 0.1) is 6.92 Å². The molecule has 2 N–H and O–H groups in total. The summed E-state index contributed by atoms with van der Waals surface area (Å²) in [5.74, 6) is -0.0168. The Labute approximate surface area is 65.8 Å². The third kappa shape index (κ3) is 1.83. The molecule has 1 heterocycles. The van der Waals surface area contributed by atoms with E-state index in [1.807, 2.05) is 19.9 Å². The fourth-order valence-corrected chi connectivity index (χ4v) is 0.902. The third-order valence-electron chi connectivity index (χ3n) is 1.43. The van der Waals surface area contributed by atoms with Crippen LogP contribution >= 0.6 is 0 Å². The van der Waals surface area contributed by atoms with Crippen molar-refractivity contribution in [3.05, 3.63) is 23.5 Å². The maximum Gasteiger partial charge on any atom is 0.252 e. The van der Waals surface area contributed by atoms with Gasteiger partial charge in [-0.05, 0) is 19.9 Å². The molecule has 0 aliphatic carbocycles. The standard InChI is InChI=1S/C8H12N2O/c1-3-9-8(11)7-4-6(2)10-5-7/h4-5,10H,3H2,1-2H3,(H,9,11). The van der Waals surface area contributed by atoms with Gasteiger partial charge in [0, 0.05) is 18.4 Å². The van der Waals surface area contributed by atoms with E-state index in [2.05, 4.69) is 10.3 Å². The predicted octanol–water partition coefficient (Wildman–Crippen LogP) is 1.07. The van der Waals surface area contributed by atoms with Crippen LogP contribution < -0.4 is 5.32 Å². The maximum absolute atomic E-state index is 11.1. The van der Waals surface area contributed by atoms with Gasteiger partial charge in [0.25, 0.3) is 5.91 Å². The number of carbonyl (C=O) groups excluding carboxylic acids is 1. The van der Waals surface area contributed by atoms with Gasteiger partial charge in [-0.15, -0.1) is 0 Å². The molecule has 0 radical (unpaired) electrons. The molecular formula is C8H12N2O. The lowest BCUT2D eigenvalue weighted by Gasteiger charge is -1.96. The predicted molar refractivity (Wildman–Crippen MR) is 43.5 cm³/mol. The van der Waals surface area contributed by atoms with Crippen molar-refractivity contribution < 1.29 is 4.79 Å². The van der Waals surface area contributed by atoms with Crippen molar-refractivity contribution in [1.29, 1.82) is 0 Å². The van der Waals surface area contributed by atoms with Crippen LogP contribution in [0.15, 0.2) is 12.3 Å². The Kier molecular flexibility index (Phi) is 2.31. The van der Waals surface area contributed by atoms with Crippen LogP contribution in [0.3, 0.4) is 0 Å². The summed E-state index contributed by atoms with van der Waals surface area (Å²) in [6.07, 6.45) is 1.71. The first-order chi connectivity index (χ1) is 5.24. The first-order valence-corrected chi connectivity index (χ1v) is 3.67. The summed E-state index contributed by atoms with van der Waals surface area (Å²) in [5, 5.41) is 2.72. The molecule has 0 fully saturated rings. The van der Waals surface area contributed by atoms with E-state index in [-0.39, 0.29) is 5.91 Å². The minimum absolute atomic E-state index is 0.0168. The summed E-state index contributed by atoms with van der Waals surface area (Å²) in [6.45, 7) is 4.49. The number of hydrogen-bond acceptors (Lipinski definition) is 1. The monoisotopic (exact) mass is 152 g/mol. The Morgan fingerprint density at radius 2 is 2.45 bits per heavy atom. The second-order valence-corrected chi connectivity index (χ2v) is 2.43. The highest BCUT2D eigenvalue weighted by Gasteiger charge is 2.03. The largest absolute Gasteiger partial charge is 0.364 e. The van der Waals surface area contributed by atoms with E-state index in [4.69, 9.17) is 0 Å². The molecule has 1 amide bonds. The van der Waals surface area contributed by atoms with Gasteiger partial charge in [0.05, 0.1) is 5.56 Å². The molecule has 3 nitrogen and oxygen atoms in total. The normalized spacial score (nSPS) is 9.64. The Morgan fingerprint density at radius 1 is 1.73 bits per heavy atom. The van der Waals surface area contributed by atoms with Gasteiger partial charge < -0.3 is 10.3 Å². The van der Waals surface area contributed by atoms with Crippen LogP contribution in [0.25, 0.3) is 0 Å². The fraction of sp³-hybridized carbons (Fsp3) is 0.375. The second kappa shape index (κ2) is 3.23. The highest BCUT2D eigenvalue weighted by Crippen LogP contribution is 2.00. The Hall–Kier alpha value is -1.25. The van der Waals surface area contributed by atoms with Gasteiger partial charge in [0.2, 0.25) is 0 Å². The van der Waals surface area contributed by atoms with Crippen molar-refractivity contribution in [3.8, 4) is 0 Å². The zero-order valence-electron chi connectivity index (χ0n) is 6.77. The summed E-state index contributed by atoms with van der Waals surface area (Å²) in [5.41, 5.74) is 1.70. The van der Waals surface area contributed by atoms with Crippen LogP contribution in [0.2, 0.25) is 0 Å². The molecule has 60 valence electrons. The molecule has 0 atom stereocenters. The average molecular weight is 152 g/mol. The van der Waals surface area contributed by atoms with Gasteiger partial charge in [-0.2, -0.15) is 0 Å². The molecule has 0 spiro atoms. The summed E-state index contributed by atoms with van der Waals surface area (Å²) >= 11 is 0. The van der Waals surface area contributed by atoms with Crippen molar-refractivity contribution in [2.45, 2.75) is 13.8 Å². The fourth-order valence-electron chi connectivity index (χ4n) is 0.902. The van der Waals surface area contributed by atoms with Crippen molar-refractivity contribution in [2.75, 3.05) is 6.54 Å². The molecule has 0 unspecified atom stereocenters. The Balaban J connectivity index is 2.69. The van der Waals surface area contributed by atoms with E-state index >= 15 is 0 Å². The van der Waals surface area contributed by atoms with Gasteiger partial charge in [-0.3, -0.25) is 4.79 Å². The van der Waals surface area contributed by atoms with Crippen molar-refractivity contribution in [3.63, 3.8) is 0 Å². The maximum atomic E-state index is 11.1. The Morgan fingerprint density at radius 3 is 2.91 bits per heavy atom. The van der Waals surface area contributed by atoms with E-state index in [1.165, 1.54) is 0 Å². The van der Waals surface area contributed by atoms with Gasteiger partial charge in [-0.1, -0.05) is 0 Å². The highest BCUT2D eigenvalue weighted by atomic mass is 16.1. The Bertz CT molecular complexity index is 252. The molecule has 3 heteroatoms. The number of rotatable bonds is 2. The number of aromatic nitrogens is 1. The summed E-state index contributed by atoms with van der Waals surface area (Å²) in [7, 11) is 0. The van der Waals surface area contributed by atoms with Crippen LogP contribution in [0.1, 0.15) is 23.0 Å². The molecule has 1 rings (SSSR count). The van der Waals surface area contributed by atoms with Crippen LogP contribution in [-0.2, 0) is 0 Å². The topological polar surface area (TPSA) is 44.9 Å². The first-order valence-electron chi connectivity index (χ1n) is 3.67. The SMILES string of the molecule is CCNC(=O)c1c[nH]c(C)c1. The summed E-state index contributed by atoms with van der Waals surface area (Å²) in [4.78, 5) is 14.1. The molecule has 0 saturated carbocycles. The number of aryl methyl sites for hydroxylation is 1. The number of carbonyl (C=O) groups is 1. The lowest BCUT2D eigenvalue weighted by atomic mass is 10.3. The van der Waals surface area contributed by atoms with E-state index < -0.39 is 0 Å². The second-order valence-electron chi connectivity index (χ2n) is 2.43. The third-order valence-corrected chi connectivity index (χ3v) is 1.43. The zero-order chi connectivity index (χ0) is 8.27. The van der Waals surface area contributed by atoms with E-state index in [1.54, 1.807) is 6.20 Å². The summed E-state index contributed by atoms with van der Waals surface area (Å²) in [6, 6.07) is 1.82. The van der Waals surface area contributed by atoms with Gasteiger partial charge >= 0.3 is 0 Å². The van der Waals surface area contributed by atoms with Gasteiger partial charge in [0.15, 0.2) is 0 Å². The molecule has 11 heavy (non-hydrogen) atoms. The zero-order valence-corrected chi connectivity index (χ0v) is 6.77. The van der Waals surface area contributed by atoms with Crippen LogP contribution in [0.4, 0.5) is 0 Å². The van der Waals surface area contributed by atoms with Crippen LogP contribution in [-0.4, -0.2) is 17.4 Å². The van der Waals surface area contributed by atoms with E-state index in [0.29, 0.717) is 12.1 Å². The molecule has 1 aromatic heterocycles. The molecule has 0 aromatic carbocycles. The van der Waals surface area contributed by atoms with Crippen molar-refractivity contribution >= 4 is 5.91 Å². The minimum Gasteiger partial charge on any atom is -0.364 e. The summed E-state index contributed by atoms with van der Waals surface area (Å²) < 4.78 is 0. The molecule has 1 aromatic rings. The van der Waals surface area contributed by atoms with Gasteiger partial charge in [0.1, 0.15) is 0 Å². The molecular weight excluding hydrogens is 140 g/mol. The highest BCUT2D eigenvalue weighted by molar-refractivity contribution is 5.94. The number of H-pyrrole nitrogens is 1. The number of hydrogen-bond donors (Lipinski definition) is 2.